The van der Waals surface area contributed by atoms with Crippen LogP contribution in [0.4, 0.5) is 0 Å². The van der Waals surface area contributed by atoms with E-state index in [2.05, 4.69) is 19.1 Å². The minimum absolute atomic E-state index is 0.0308. The molecule has 1 rings (SSSR count). The lowest BCUT2D eigenvalue weighted by molar-refractivity contribution is 0.253. The average Bonchev–Trinajstić information content (AvgIpc) is 2.42. The summed E-state index contributed by atoms with van der Waals surface area (Å²) in [6.07, 6.45) is 5.16. The molecule has 0 aliphatic carbocycles. The zero-order chi connectivity index (χ0) is 15.7. The van der Waals surface area contributed by atoms with Crippen molar-refractivity contribution in [3.05, 3.63) is 29.8 Å². The van der Waals surface area contributed by atoms with E-state index < -0.39 is 9.05 Å². The first-order chi connectivity index (χ1) is 9.94. The molecule has 0 heterocycles. The predicted molar refractivity (Wildman–Crippen MR) is 88.6 cm³/mol. The molecule has 0 aliphatic rings. The Morgan fingerprint density at radius 3 is 2.33 bits per heavy atom. The molecule has 1 aromatic carbocycles. The highest BCUT2D eigenvalue weighted by atomic mass is 35.7. The average molecular weight is 333 g/mol. The number of ether oxygens (including phenoxy) is 1. The number of aryl methyl sites for hydroxylation is 1. The second-order valence-corrected chi connectivity index (χ2v) is 8.24. The second-order valence-electron chi connectivity index (χ2n) is 5.42. The molecule has 1 unspecified atom stereocenters. The Morgan fingerprint density at radius 1 is 1.14 bits per heavy atom. The van der Waals surface area contributed by atoms with Gasteiger partial charge in [0.15, 0.2) is 0 Å². The number of unbranched alkanes of at least 4 members (excludes halogenated alkanes) is 1. The van der Waals surface area contributed by atoms with Crippen LogP contribution in [0.2, 0.25) is 0 Å². The lowest BCUT2D eigenvalue weighted by Gasteiger charge is -2.15. The Morgan fingerprint density at radius 2 is 1.81 bits per heavy atom. The molecule has 120 valence electrons. The van der Waals surface area contributed by atoms with Gasteiger partial charge in [-0.3, -0.25) is 0 Å². The van der Waals surface area contributed by atoms with Crippen molar-refractivity contribution in [3.8, 4) is 5.75 Å². The Balaban J connectivity index is 2.51. The summed E-state index contributed by atoms with van der Waals surface area (Å²) < 4.78 is 28.1. The predicted octanol–water partition coefficient (Wildman–Crippen LogP) is 4.39. The molecule has 0 aromatic heterocycles. The third kappa shape index (κ3) is 8.32. The van der Waals surface area contributed by atoms with E-state index in [0.29, 0.717) is 6.61 Å². The molecule has 1 aromatic rings. The summed E-state index contributed by atoms with van der Waals surface area (Å²) in [5.74, 6) is 0.692. The Bertz CT molecular complexity index is 497. The highest BCUT2D eigenvalue weighted by Gasteiger charge is 2.17. The third-order valence-corrected chi connectivity index (χ3v) is 4.61. The molecule has 21 heavy (non-hydrogen) atoms. The summed E-state index contributed by atoms with van der Waals surface area (Å²) in [4.78, 5) is 0. The fourth-order valence-corrected chi connectivity index (χ4v) is 3.61. The SMILES string of the molecule is CCCCc1ccc(OCC(CCC)CS(=O)(=O)Cl)cc1. The van der Waals surface area contributed by atoms with Crippen LogP contribution < -0.4 is 4.74 Å². The summed E-state index contributed by atoms with van der Waals surface area (Å²) in [6, 6.07) is 8.03. The number of rotatable bonds is 10. The van der Waals surface area contributed by atoms with Crippen molar-refractivity contribution in [1.82, 2.24) is 0 Å². The number of halogens is 1. The topological polar surface area (TPSA) is 43.4 Å². The monoisotopic (exact) mass is 332 g/mol. The highest BCUT2D eigenvalue weighted by molar-refractivity contribution is 8.13. The minimum Gasteiger partial charge on any atom is -0.493 e. The van der Waals surface area contributed by atoms with E-state index in [4.69, 9.17) is 15.4 Å². The molecular weight excluding hydrogens is 308 g/mol. The molecule has 0 saturated heterocycles. The largest absolute Gasteiger partial charge is 0.493 e. The molecule has 5 heteroatoms. The van der Waals surface area contributed by atoms with Crippen molar-refractivity contribution in [3.63, 3.8) is 0 Å². The highest BCUT2D eigenvalue weighted by Crippen LogP contribution is 2.18. The van der Waals surface area contributed by atoms with Gasteiger partial charge in [0.05, 0.1) is 12.4 Å². The molecule has 0 saturated carbocycles. The van der Waals surface area contributed by atoms with Crippen LogP contribution in [0.3, 0.4) is 0 Å². The first-order valence-electron chi connectivity index (χ1n) is 7.58. The zero-order valence-electron chi connectivity index (χ0n) is 12.8. The maximum absolute atomic E-state index is 11.2. The fourth-order valence-electron chi connectivity index (χ4n) is 2.25. The van der Waals surface area contributed by atoms with Gasteiger partial charge in [-0.2, -0.15) is 0 Å². The van der Waals surface area contributed by atoms with E-state index >= 15 is 0 Å². The summed E-state index contributed by atoms with van der Waals surface area (Å²) in [7, 11) is 1.86. The lowest BCUT2D eigenvalue weighted by atomic mass is 10.1. The van der Waals surface area contributed by atoms with E-state index in [1.807, 2.05) is 19.1 Å². The Hall–Kier alpha value is -0.740. The van der Waals surface area contributed by atoms with Gasteiger partial charge in [0.25, 0.3) is 0 Å². The first kappa shape index (κ1) is 18.3. The van der Waals surface area contributed by atoms with Crippen LogP contribution >= 0.6 is 10.7 Å². The van der Waals surface area contributed by atoms with Gasteiger partial charge in [-0.25, -0.2) is 8.42 Å². The number of hydrogen-bond donors (Lipinski definition) is 0. The lowest BCUT2D eigenvalue weighted by Crippen LogP contribution is -2.19. The molecule has 0 spiro atoms. The molecule has 3 nitrogen and oxygen atoms in total. The van der Waals surface area contributed by atoms with E-state index in [1.165, 1.54) is 18.4 Å². The summed E-state index contributed by atoms with van der Waals surface area (Å²) in [5, 5.41) is 0. The van der Waals surface area contributed by atoms with E-state index in [1.54, 1.807) is 0 Å². The van der Waals surface area contributed by atoms with Crippen molar-refractivity contribution in [2.75, 3.05) is 12.4 Å². The summed E-state index contributed by atoms with van der Waals surface area (Å²) >= 11 is 0. The van der Waals surface area contributed by atoms with Gasteiger partial charge in [-0.05, 0) is 37.0 Å². The molecule has 0 fully saturated rings. The summed E-state index contributed by atoms with van der Waals surface area (Å²) in [6.45, 7) is 4.58. The zero-order valence-corrected chi connectivity index (χ0v) is 14.4. The van der Waals surface area contributed by atoms with Gasteiger partial charge >= 0.3 is 0 Å². The molecule has 0 amide bonds. The van der Waals surface area contributed by atoms with Crippen molar-refractivity contribution >= 4 is 19.7 Å². The van der Waals surface area contributed by atoms with Crippen molar-refractivity contribution in [2.24, 2.45) is 5.92 Å². The molecular formula is C16H25ClO3S. The Labute approximate surface area is 133 Å². The van der Waals surface area contributed by atoms with Crippen LogP contribution in [0.25, 0.3) is 0 Å². The molecule has 0 N–H and O–H groups in total. The van der Waals surface area contributed by atoms with E-state index in [0.717, 1.165) is 25.0 Å². The van der Waals surface area contributed by atoms with Gasteiger partial charge in [0.1, 0.15) is 5.75 Å². The first-order valence-corrected chi connectivity index (χ1v) is 10.1. The number of benzene rings is 1. The smallest absolute Gasteiger partial charge is 0.232 e. The van der Waals surface area contributed by atoms with Crippen LogP contribution in [-0.4, -0.2) is 20.8 Å². The van der Waals surface area contributed by atoms with Crippen molar-refractivity contribution in [2.45, 2.75) is 46.0 Å². The van der Waals surface area contributed by atoms with Gasteiger partial charge in [0.2, 0.25) is 9.05 Å². The van der Waals surface area contributed by atoms with Crippen LogP contribution in [0.5, 0.6) is 5.75 Å². The van der Waals surface area contributed by atoms with Crippen molar-refractivity contribution in [1.29, 1.82) is 0 Å². The van der Waals surface area contributed by atoms with E-state index in [9.17, 15) is 8.42 Å². The second kappa shape index (κ2) is 9.31. The standard InChI is InChI=1S/C16H25ClO3S/c1-3-5-7-14-8-10-16(11-9-14)20-12-15(6-4-2)13-21(17,18)19/h8-11,15H,3-7,12-13H2,1-2H3. The number of hydrogen-bond acceptors (Lipinski definition) is 3. The normalized spacial score (nSPS) is 13.1. The van der Waals surface area contributed by atoms with E-state index in [-0.39, 0.29) is 11.7 Å². The van der Waals surface area contributed by atoms with Gasteiger partial charge < -0.3 is 4.74 Å². The molecule has 1 atom stereocenters. The fraction of sp³-hybridized carbons (Fsp3) is 0.625. The molecule has 0 radical (unpaired) electrons. The quantitative estimate of drug-likeness (QED) is 0.597. The maximum atomic E-state index is 11.2. The minimum atomic E-state index is -3.47. The maximum Gasteiger partial charge on any atom is 0.232 e. The van der Waals surface area contributed by atoms with Crippen LogP contribution in [-0.2, 0) is 15.5 Å². The van der Waals surface area contributed by atoms with Crippen LogP contribution in [0.1, 0.15) is 45.1 Å². The summed E-state index contributed by atoms with van der Waals surface area (Å²) in [5.41, 5.74) is 1.30. The van der Waals surface area contributed by atoms with Gasteiger partial charge in [0, 0.05) is 16.6 Å². The Kier molecular flexibility index (Phi) is 8.12. The molecule has 0 bridgehead atoms. The van der Waals surface area contributed by atoms with Crippen LogP contribution in [0, 0.1) is 5.92 Å². The van der Waals surface area contributed by atoms with Crippen LogP contribution in [0.15, 0.2) is 24.3 Å². The molecule has 0 aliphatic heterocycles. The van der Waals surface area contributed by atoms with Gasteiger partial charge in [-0.1, -0.05) is 38.8 Å². The van der Waals surface area contributed by atoms with Gasteiger partial charge in [-0.15, -0.1) is 0 Å². The van der Waals surface area contributed by atoms with Crippen molar-refractivity contribution < 1.29 is 13.2 Å². The third-order valence-electron chi connectivity index (χ3n) is 3.36.